The first-order chi connectivity index (χ1) is 11.4. The van der Waals surface area contributed by atoms with Gasteiger partial charge < -0.3 is 10.3 Å². The number of hydrogen-bond donors (Lipinski definition) is 2. The normalized spacial score (nSPS) is 10.8. The van der Waals surface area contributed by atoms with Crippen molar-refractivity contribution >= 4 is 34.1 Å². The van der Waals surface area contributed by atoms with Crippen molar-refractivity contribution in [3.8, 4) is 0 Å². The zero-order chi connectivity index (χ0) is 17.4. The average molecular weight is 345 g/mol. The number of fused-ring (bicyclic) bond motifs is 1. The number of aryl methyl sites for hydroxylation is 1. The summed E-state index contributed by atoms with van der Waals surface area (Å²) in [5, 5.41) is 3.64. The van der Waals surface area contributed by atoms with Crippen LogP contribution in [0.15, 0.2) is 41.2 Å². The fraction of sp³-hybridized carbons (Fsp3) is 0.111. The number of H-pyrrole nitrogens is 1. The fourth-order valence-electron chi connectivity index (χ4n) is 2.51. The van der Waals surface area contributed by atoms with E-state index in [0.717, 1.165) is 17.0 Å². The van der Waals surface area contributed by atoms with Crippen LogP contribution in [0.25, 0.3) is 10.9 Å². The summed E-state index contributed by atoms with van der Waals surface area (Å²) in [6.45, 7) is 3.64. The third kappa shape index (κ3) is 2.90. The van der Waals surface area contributed by atoms with E-state index in [1.165, 1.54) is 12.1 Å². The molecule has 0 aliphatic rings. The van der Waals surface area contributed by atoms with E-state index < -0.39 is 11.7 Å². The van der Waals surface area contributed by atoms with Gasteiger partial charge in [-0.3, -0.25) is 9.59 Å². The molecule has 1 heterocycles. The van der Waals surface area contributed by atoms with Crippen LogP contribution >= 0.6 is 11.6 Å². The second-order valence-electron chi connectivity index (χ2n) is 5.54. The van der Waals surface area contributed by atoms with Gasteiger partial charge in [0.25, 0.3) is 11.5 Å². The van der Waals surface area contributed by atoms with E-state index in [1.807, 2.05) is 13.0 Å². The lowest BCUT2D eigenvalue weighted by molar-refractivity contribution is 0.102. The number of hydrogen-bond acceptors (Lipinski definition) is 2. The molecule has 0 saturated heterocycles. The summed E-state index contributed by atoms with van der Waals surface area (Å²) in [6.07, 6.45) is 0. The Bertz CT molecular complexity index is 1030. The van der Waals surface area contributed by atoms with Crippen molar-refractivity contribution in [1.29, 1.82) is 0 Å². The van der Waals surface area contributed by atoms with Crippen LogP contribution in [-0.2, 0) is 0 Å². The van der Waals surface area contributed by atoms with Crippen molar-refractivity contribution in [3.63, 3.8) is 0 Å². The molecule has 0 fully saturated rings. The number of anilines is 1. The number of amides is 1. The van der Waals surface area contributed by atoms with E-state index in [0.29, 0.717) is 16.8 Å². The molecule has 122 valence electrons. The molecule has 0 spiro atoms. The van der Waals surface area contributed by atoms with E-state index in [1.54, 1.807) is 19.1 Å². The third-order valence-corrected chi connectivity index (χ3v) is 4.32. The second-order valence-corrected chi connectivity index (χ2v) is 5.95. The number of benzene rings is 2. The highest BCUT2D eigenvalue weighted by atomic mass is 35.5. The molecule has 2 aromatic carbocycles. The maximum absolute atomic E-state index is 13.1. The van der Waals surface area contributed by atoms with Gasteiger partial charge in [0, 0.05) is 16.6 Å². The Kier molecular flexibility index (Phi) is 4.11. The molecule has 1 amide bonds. The van der Waals surface area contributed by atoms with Crippen LogP contribution in [-0.4, -0.2) is 10.9 Å². The van der Waals surface area contributed by atoms with Gasteiger partial charge in [0.05, 0.1) is 16.1 Å². The topological polar surface area (TPSA) is 62.0 Å². The van der Waals surface area contributed by atoms with Crippen molar-refractivity contribution in [2.75, 3.05) is 5.32 Å². The van der Waals surface area contributed by atoms with E-state index in [4.69, 9.17) is 11.6 Å². The van der Waals surface area contributed by atoms with Gasteiger partial charge >= 0.3 is 0 Å². The average Bonchev–Trinajstić information content (AvgIpc) is 2.52. The summed E-state index contributed by atoms with van der Waals surface area (Å²) < 4.78 is 13.1. The zero-order valence-electron chi connectivity index (χ0n) is 13.0. The molecule has 0 bridgehead atoms. The van der Waals surface area contributed by atoms with Crippen LogP contribution < -0.4 is 10.9 Å². The monoisotopic (exact) mass is 344 g/mol. The van der Waals surface area contributed by atoms with E-state index in [-0.39, 0.29) is 16.1 Å². The Morgan fingerprint density at radius 3 is 2.58 bits per heavy atom. The van der Waals surface area contributed by atoms with E-state index in [2.05, 4.69) is 10.3 Å². The number of aromatic nitrogens is 1. The Labute approximate surface area is 142 Å². The van der Waals surface area contributed by atoms with Gasteiger partial charge in [-0.1, -0.05) is 17.7 Å². The predicted octanol–water partition coefficient (Wildman–Crippen LogP) is 4.19. The predicted molar refractivity (Wildman–Crippen MR) is 93.4 cm³/mol. The Hall–Kier alpha value is -2.66. The summed E-state index contributed by atoms with van der Waals surface area (Å²) >= 11 is 5.90. The molecule has 0 atom stereocenters. The molecule has 1 aromatic heterocycles. The number of carbonyl (C=O) groups is 1. The number of rotatable bonds is 2. The molecule has 6 heteroatoms. The summed E-state index contributed by atoms with van der Waals surface area (Å²) in [6, 6.07) is 8.82. The minimum absolute atomic E-state index is 0.0353. The zero-order valence-corrected chi connectivity index (χ0v) is 13.8. The van der Waals surface area contributed by atoms with Gasteiger partial charge in [0.2, 0.25) is 0 Å². The highest BCUT2D eigenvalue weighted by Gasteiger charge is 2.12. The minimum Gasteiger partial charge on any atom is -0.322 e. The molecule has 0 saturated carbocycles. The fourth-order valence-corrected chi connectivity index (χ4v) is 2.77. The number of halogens is 2. The van der Waals surface area contributed by atoms with Crippen LogP contribution in [0, 0.1) is 19.7 Å². The van der Waals surface area contributed by atoms with Gasteiger partial charge in [0.1, 0.15) is 5.82 Å². The third-order valence-electron chi connectivity index (χ3n) is 4.01. The van der Waals surface area contributed by atoms with Crippen molar-refractivity contribution in [2.45, 2.75) is 13.8 Å². The molecular formula is C18H14ClFN2O2. The number of carbonyl (C=O) groups excluding carboxylic acids is 1. The summed E-state index contributed by atoms with van der Waals surface area (Å²) in [7, 11) is 0. The molecule has 4 nitrogen and oxygen atoms in total. The molecule has 2 N–H and O–H groups in total. The molecule has 0 aliphatic carbocycles. The Morgan fingerprint density at radius 2 is 1.88 bits per heavy atom. The van der Waals surface area contributed by atoms with Crippen LogP contribution in [0.4, 0.5) is 10.1 Å². The van der Waals surface area contributed by atoms with Crippen molar-refractivity contribution in [1.82, 2.24) is 4.98 Å². The molecule has 0 radical (unpaired) electrons. The molecule has 0 unspecified atom stereocenters. The molecular weight excluding hydrogens is 331 g/mol. The van der Waals surface area contributed by atoms with E-state index >= 15 is 0 Å². The quantitative estimate of drug-likeness (QED) is 0.732. The van der Waals surface area contributed by atoms with Gasteiger partial charge in [-0.2, -0.15) is 0 Å². The second kappa shape index (κ2) is 6.09. The SMILES string of the molecule is Cc1c(C)c2ccc(NC(=O)c3ccc(F)cc3Cl)cc2[nH]c1=O. The first kappa shape index (κ1) is 16.2. The first-order valence-corrected chi connectivity index (χ1v) is 7.64. The van der Waals surface area contributed by atoms with Crippen LogP contribution in [0.2, 0.25) is 5.02 Å². The molecule has 0 aliphatic heterocycles. The largest absolute Gasteiger partial charge is 0.322 e. The van der Waals surface area contributed by atoms with Crippen molar-refractivity contribution < 1.29 is 9.18 Å². The number of aromatic amines is 1. The highest BCUT2D eigenvalue weighted by molar-refractivity contribution is 6.34. The lowest BCUT2D eigenvalue weighted by atomic mass is 10.1. The Morgan fingerprint density at radius 1 is 1.12 bits per heavy atom. The number of pyridine rings is 1. The lowest BCUT2D eigenvalue weighted by Gasteiger charge is -2.10. The lowest BCUT2D eigenvalue weighted by Crippen LogP contribution is -2.14. The molecule has 3 rings (SSSR count). The standard InChI is InChI=1S/C18H14ClFN2O2/c1-9-10(2)17(23)22-16-8-12(4-6-13(9)16)21-18(24)14-5-3-11(20)7-15(14)19/h3-8H,1-2H3,(H,21,24)(H,22,23). The van der Waals surface area contributed by atoms with Gasteiger partial charge in [-0.15, -0.1) is 0 Å². The van der Waals surface area contributed by atoms with Gasteiger partial charge in [-0.25, -0.2) is 4.39 Å². The number of nitrogens with one attached hydrogen (secondary N) is 2. The minimum atomic E-state index is -0.509. The highest BCUT2D eigenvalue weighted by Crippen LogP contribution is 2.23. The maximum Gasteiger partial charge on any atom is 0.257 e. The van der Waals surface area contributed by atoms with Crippen molar-refractivity contribution in [3.05, 3.63) is 74.3 Å². The summed E-state index contributed by atoms with van der Waals surface area (Å²) in [4.78, 5) is 27.0. The Balaban J connectivity index is 1.97. The van der Waals surface area contributed by atoms with Gasteiger partial charge in [0.15, 0.2) is 0 Å². The van der Waals surface area contributed by atoms with Gasteiger partial charge in [-0.05, 0) is 49.7 Å². The maximum atomic E-state index is 13.1. The molecule has 3 aromatic rings. The summed E-state index contributed by atoms with van der Waals surface area (Å²) in [5.41, 5.74) is 2.71. The van der Waals surface area contributed by atoms with E-state index in [9.17, 15) is 14.0 Å². The van der Waals surface area contributed by atoms with Crippen LogP contribution in [0.3, 0.4) is 0 Å². The first-order valence-electron chi connectivity index (χ1n) is 7.26. The smallest absolute Gasteiger partial charge is 0.257 e. The summed E-state index contributed by atoms with van der Waals surface area (Å²) in [5.74, 6) is -0.962. The molecule has 24 heavy (non-hydrogen) atoms. The van der Waals surface area contributed by atoms with Crippen LogP contribution in [0.5, 0.6) is 0 Å². The van der Waals surface area contributed by atoms with Crippen LogP contribution in [0.1, 0.15) is 21.5 Å². The van der Waals surface area contributed by atoms with Crippen molar-refractivity contribution in [2.24, 2.45) is 0 Å².